The van der Waals surface area contributed by atoms with Crippen LogP contribution >= 0.6 is 0 Å². The number of aldehydes is 1. The molecule has 3 rings (SSSR count). The number of para-hydroxylation sites is 1. The van der Waals surface area contributed by atoms with Gasteiger partial charge in [0.15, 0.2) is 5.41 Å². The number of hydrogen-bond donors (Lipinski definition) is 0. The van der Waals surface area contributed by atoms with E-state index in [1.807, 2.05) is 0 Å². The van der Waals surface area contributed by atoms with Gasteiger partial charge in [-0.2, -0.15) is 0 Å². The number of rotatable bonds is 2. The summed E-state index contributed by atoms with van der Waals surface area (Å²) in [5, 5.41) is 0. The summed E-state index contributed by atoms with van der Waals surface area (Å²) in [7, 11) is 1.62. The van der Waals surface area contributed by atoms with Crippen LogP contribution in [0, 0.1) is 5.41 Å². The lowest BCUT2D eigenvalue weighted by molar-refractivity contribution is -0.147. The summed E-state index contributed by atoms with van der Waals surface area (Å²) in [4.78, 5) is 38.3. The zero-order valence-corrected chi connectivity index (χ0v) is 11.5. The molecule has 0 N–H and O–H groups in total. The van der Waals surface area contributed by atoms with E-state index in [1.54, 1.807) is 31.3 Å². The molecule has 1 aromatic carbocycles. The van der Waals surface area contributed by atoms with Crippen molar-refractivity contribution in [3.63, 3.8) is 0 Å². The first-order valence-corrected chi connectivity index (χ1v) is 6.43. The predicted octanol–water partition coefficient (Wildman–Crippen LogP) is 0.984. The number of benzene rings is 1. The number of nitrogens with zero attached hydrogens (tertiary/aromatic N) is 1. The fourth-order valence-electron chi connectivity index (χ4n) is 3.29. The largest absolute Gasteiger partial charge is 0.463 e. The Balaban J connectivity index is 2.39. The van der Waals surface area contributed by atoms with Crippen molar-refractivity contribution >= 4 is 23.9 Å². The molecule has 1 spiro atoms. The molecule has 5 nitrogen and oxygen atoms in total. The third-order valence-electron chi connectivity index (χ3n) is 4.37. The van der Waals surface area contributed by atoms with Gasteiger partial charge in [0.05, 0.1) is 0 Å². The summed E-state index contributed by atoms with van der Waals surface area (Å²) in [6.07, 6.45) is 1.71. The zero-order chi connectivity index (χ0) is 15.3. The van der Waals surface area contributed by atoms with Crippen LogP contribution in [-0.4, -0.2) is 31.8 Å². The molecule has 0 saturated carbocycles. The quantitative estimate of drug-likeness (QED) is 0.351. The topological polar surface area (TPSA) is 63.7 Å². The molecule has 2 aliphatic rings. The van der Waals surface area contributed by atoms with Crippen LogP contribution in [0.4, 0.5) is 5.69 Å². The number of anilines is 1. The molecule has 1 saturated heterocycles. The van der Waals surface area contributed by atoms with E-state index >= 15 is 0 Å². The summed E-state index contributed by atoms with van der Waals surface area (Å²) in [5.74, 6) is -1.08. The molecular formula is C16H13NO4. The summed E-state index contributed by atoms with van der Waals surface area (Å²) in [5.41, 5.74) is 0.666. The highest BCUT2D eigenvalue weighted by Crippen LogP contribution is 2.55. The lowest BCUT2D eigenvalue weighted by Crippen LogP contribution is -2.52. The number of carbonyl (C=O) groups excluding carboxylic acids is 3. The Morgan fingerprint density at radius 2 is 2.10 bits per heavy atom. The van der Waals surface area contributed by atoms with Gasteiger partial charge in [-0.3, -0.25) is 9.59 Å². The number of carbonyl (C=O) groups is 3. The molecule has 1 aromatic rings. The second-order valence-electron chi connectivity index (χ2n) is 5.20. The van der Waals surface area contributed by atoms with E-state index in [4.69, 9.17) is 4.74 Å². The molecule has 2 aliphatic heterocycles. The zero-order valence-electron chi connectivity index (χ0n) is 11.5. The van der Waals surface area contributed by atoms with Gasteiger partial charge >= 0.3 is 5.97 Å². The van der Waals surface area contributed by atoms with Crippen molar-refractivity contribution in [3.05, 3.63) is 48.2 Å². The van der Waals surface area contributed by atoms with E-state index in [-0.39, 0.29) is 12.5 Å². The van der Waals surface area contributed by atoms with Gasteiger partial charge in [-0.1, -0.05) is 24.8 Å². The normalized spacial score (nSPS) is 30.0. The van der Waals surface area contributed by atoms with Crippen LogP contribution in [0.1, 0.15) is 5.56 Å². The number of likely N-dealkylation sites (N-methyl/N-ethyl adjacent to an activating group) is 1. The van der Waals surface area contributed by atoms with Crippen LogP contribution in [0.15, 0.2) is 42.7 Å². The number of amides is 1. The Morgan fingerprint density at radius 3 is 2.76 bits per heavy atom. The molecule has 2 heterocycles. The smallest absolute Gasteiger partial charge is 0.325 e. The van der Waals surface area contributed by atoms with Crippen LogP contribution in [0.3, 0.4) is 0 Å². The molecule has 106 valence electrons. The average molecular weight is 283 g/mol. The third kappa shape index (κ3) is 1.29. The van der Waals surface area contributed by atoms with E-state index in [1.165, 1.54) is 11.0 Å². The van der Waals surface area contributed by atoms with Crippen molar-refractivity contribution in [2.45, 2.75) is 5.41 Å². The summed E-state index contributed by atoms with van der Waals surface area (Å²) >= 11 is 0. The monoisotopic (exact) mass is 283 g/mol. The van der Waals surface area contributed by atoms with Gasteiger partial charge in [-0.25, -0.2) is 0 Å². The summed E-state index contributed by atoms with van der Waals surface area (Å²) in [6.45, 7) is 3.27. The lowest BCUT2D eigenvalue weighted by atomic mass is 9.62. The predicted molar refractivity (Wildman–Crippen MR) is 74.7 cm³/mol. The minimum Gasteiger partial charge on any atom is -0.463 e. The molecule has 0 aromatic heterocycles. The van der Waals surface area contributed by atoms with Crippen molar-refractivity contribution in [1.82, 2.24) is 0 Å². The molecule has 2 atom stereocenters. The fourth-order valence-corrected chi connectivity index (χ4v) is 3.29. The summed E-state index contributed by atoms with van der Waals surface area (Å²) < 4.78 is 5.11. The van der Waals surface area contributed by atoms with E-state index in [2.05, 4.69) is 12.3 Å². The van der Waals surface area contributed by atoms with Crippen molar-refractivity contribution in [2.75, 3.05) is 18.6 Å². The van der Waals surface area contributed by atoms with Gasteiger partial charge < -0.3 is 14.4 Å². The first-order valence-electron chi connectivity index (χ1n) is 6.43. The molecule has 21 heavy (non-hydrogen) atoms. The Morgan fingerprint density at radius 1 is 1.38 bits per heavy atom. The van der Waals surface area contributed by atoms with Crippen molar-refractivity contribution < 1.29 is 19.1 Å². The fraction of sp³-hybridized carbons (Fsp3) is 0.250. The first-order chi connectivity index (χ1) is 10.0. The number of cyclic esters (lactones) is 1. The van der Waals surface area contributed by atoms with E-state index in [9.17, 15) is 14.4 Å². The van der Waals surface area contributed by atoms with Gasteiger partial charge in [0.2, 0.25) is 5.91 Å². The van der Waals surface area contributed by atoms with Crippen molar-refractivity contribution in [3.8, 4) is 0 Å². The molecule has 5 heteroatoms. The van der Waals surface area contributed by atoms with Crippen LogP contribution < -0.4 is 4.90 Å². The standard InChI is InChI=1S/C16H13NO4/c1-3-8-15(9-18)14(20)21-10-16(15)11-6-4-5-7-12(11)17(2)13(16)19/h4-9H,1,10H2,2H3. The van der Waals surface area contributed by atoms with Crippen LogP contribution in [-0.2, 0) is 24.5 Å². The second-order valence-corrected chi connectivity index (χ2v) is 5.20. The number of ether oxygens (including phenoxy) is 1. The minimum absolute atomic E-state index is 0.164. The molecule has 1 fully saturated rings. The first kappa shape index (κ1) is 13.3. The SMILES string of the molecule is C=C=CC1(C=O)C(=O)OCC12C(=O)N(C)c1ccccc12. The molecular weight excluding hydrogens is 270 g/mol. The highest BCUT2D eigenvalue weighted by atomic mass is 16.5. The van der Waals surface area contributed by atoms with E-state index in [0.717, 1.165) is 0 Å². The van der Waals surface area contributed by atoms with Crippen molar-refractivity contribution in [1.29, 1.82) is 0 Å². The number of hydrogen-bond acceptors (Lipinski definition) is 4. The maximum absolute atomic E-state index is 12.8. The number of esters is 1. The van der Waals surface area contributed by atoms with Gasteiger partial charge in [0.1, 0.15) is 18.3 Å². The minimum atomic E-state index is -1.72. The van der Waals surface area contributed by atoms with E-state index in [0.29, 0.717) is 17.5 Å². The second kappa shape index (κ2) is 4.17. The third-order valence-corrected chi connectivity index (χ3v) is 4.37. The average Bonchev–Trinajstić information content (AvgIpc) is 2.91. The maximum Gasteiger partial charge on any atom is 0.325 e. The van der Waals surface area contributed by atoms with Gasteiger partial charge in [-0.15, -0.1) is 5.73 Å². The maximum atomic E-state index is 12.8. The Labute approximate surface area is 121 Å². The lowest BCUT2D eigenvalue weighted by Gasteiger charge is -2.30. The van der Waals surface area contributed by atoms with Gasteiger partial charge in [0, 0.05) is 12.7 Å². The Kier molecular flexibility index (Phi) is 2.65. The number of fused-ring (bicyclic) bond motifs is 2. The van der Waals surface area contributed by atoms with Crippen molar-refractivity contribution in [2.24, 2.45) is 5.41 Å². The molecule has 0 aliphatic carbocycles. The van der Waals surface area contributed by atoms with Crippen LogP contribution in [0.5, 0.6) is 0 Å². The highest BCUT2D eigenvalue weighted by molar-refractivity contribution is 6.17. The molecule has 0 radical (unpaired) electrons. The Hall–Kier alpha value is -2.65. The molecule has 1 amide bonds. The Bertz CT molecular complexity index is 719. The van der Waals surface area contributed by atoms with Gasteiger partial charge in [0.25, 0.3) is 0 Å². The van der Waals surface area contributed by atoms with E-state index < -0.39 is 16.8 Å². The highest BCUT2D eigenvalue weighted by Gasteiger charge is 2.70. The van der Waals surface area contributed by atoms with Crippen LogP contribution in [0.25, 0.3) is 0 Å². The molecule has 0 bridgehead atoms. The molecule has 2 unspecified atom stereocenters. The van der Waals surface area contributed by atoms with Gasteiger partial charge in [-0.05, 0) is 17.7 Å². The van der Waals surface area contributed by atoms with Crippen LogP contribution in [0.2, 0.25) is 0 Å². The summed E-state index contributed by atoms with van der Waals surface area (Å²) in [6, 6.07) is 7.08.